The number of carbonyl (C=O) groups is 1. The minimum atomic E-state index is -0.252. The van der Waals surface area contributed by atoms with Crippen LogP contribution in [0.4, 0.5) is 4.79 Å². The highest BCUT2D eigenvalue weighted by molar-refractivity contribution is 7.09. The summed E-state index contributed by atoms with van der Waals surface area (Å²) in [4.78, 5) is 24.7. The molecule has 0 bridgehead atoms. The highest BCUT2D eigenvalue weighted by Gasteiger charge is 2.10. The summed E-state index contributed by atoms with van der Waals surface area (Å²) >= 11 is 1.52. The first-order valence-electron chi connectivity index (χ1n) is 8.07. The van der Waals surface area contributed by atoms with Crippen molar-refractivity contribution < 1.29 is 9.53 Å². The molecular formula is C17H20N6O2S. The Morgan fingerprint density at radius 1 is 1.35 bits per heavy atom. The van der Waals surface area contributed by atoms with Gasteiger partial charge in [0.05, 0.1) is 12.2 Å². The zero-order chi connectivity index (χ0) is 18.4. The molecule has 1 unspecified atom stereocenters. The molecular weight excluding hydrogens is 352 g/mol. The number of aromatic nitrogens is 4. The van der Waals surface area contributed by atoms with Crippen molar-refractivity contribution in [3.8, 4) is 5.82 Å². The molecule has 8 nitrogen and oxygen atoms in total. The molecule has 9 heteroatoms. The second-order valence-corrected chi connectivity index (χ2v) is 6.48. The smallest absolute Gasteiger partial charge is 0.315 e. The number of amides is 2. The molecule has 0 spiro atoms. The van der Waals surface area contributed by atoms with Gasteiger partial charge in [0.1, 0.15) is 23.3 Å². The van der Waals surface area contributed by atoms with Crippen LogP contribution in [-0.2, 0) is 17.8 Å². The molecule has 0 fully saturated rings. The average molecular weight is 372 g/mol. The molecule has 3 rings (SSSR count). The molecule has 0 aliphatic rings. The van der Waals surface area contributed by atoms with Crippen molar-refractivity contribution in [1.29, 1.82) is 0 Å². The van der Waals surface area contributed by atoms with E-state index in [4.69, 9.17) is 4.74 Å². The summed E-state index contributed by atoms with van der Waals surface area (Å²) in [7, 11) is 1.65. The number of hydrogen-bond donors (Lipinski definition) is 2. The van der Waals surface area contributed by atoms with Crippen LogP contribution in [0.1, 0.15) is 29.3 Å². The third kappa shape index (κ3) is 4.64. The van der Waals surface area contributed by atoms with Gasteiger partial charge in [-0.3, -0.25) is 4.57 Å². The van der Waals surface area contributed by atoms with Gasteiger partial charge in [-0.15, -0.1) is 11.3 Å². The van der Waals surface area contributed by atoms with Crippen molar-refractivity contribution in [3.63, 3.8) is 0 Å². The number of carbonyl (C=O) groups excluding carboxylic acids is 1. The number of urea groups is 1. The largest absolute Gasteiger partial charge is 0.375 e. The normalized spacial score (nSPS) is 11.9. The molecule has 0 radical (unpaired) electrons. The molecule has 0 saturated heterocycles. The van der Waals surface area contributed by atoms with Crippen LogP contribution in [0.3, 0.4) is 0 Å². The lowest BCUT2D eigenvalue weighted by Crippen LogP contribution is -2.34. The van der Waals surface area contributed by atoms with Crippen LogP contribution in [0.2, 0.25) is 0 Å². The van der Waals surface area contributed by atoms with Crippen LogP contribution in [0.25, 0.3) is 5.82 Å². The third-order valence-electron chi connectivity index (χ3n) is 3.73. The van der Waals surface area contributed by atoms with Crippen molar-refractivity contribution >= 4 is 17.4 Å². The predicted octanol–water partition coefficient (Wildman–Crippen LogP) is 2.43. The summed E-state index contributed by atoms with van der Waals surface area (Å²) in [5.41, 5.74) is 1.73. The van der Waals surface area contributed by atoms with E-state index in [0.717, 1.165) is 22.1 Å². The van der Waals surface area contributed by atoms with Crippen LogP contribution in [-0.4, -0.2) is 32.7 Å². The minimum Gasteiger partial charge on any atom is -0.375 e. The maximum atomic E-state index is 11.9. The van der Waals surface area contributed by atoms with Gasteiger partial charge in [0, 0.05) is 37.6 Å². The highest BCUT2D eigenvalue weighted by Crippen LogP contribution is 2.20. The number of nitrogens with one attached hydrogen (secondary N) is 2. The lowest BCUT2D eigenvalue weighted by Gasteiger charge is -2.07. The molecule has 3 heterocycles. The van der Waals surface area contributed by atoms with Gasteiger partial charge in [0.25, 0.3) is 0 Å². The molecule has 1 atom stereocenters. The van der Waals surface area contributed by atoms with Crippen LogP contribution < -0.4 is 10.6 Å². The molecule has 0 aliphatic heterocycles. The lowest BCUT2D eigenvalue weighted by molar-refractivity contribution is 0.119. The summed E-state index contributed by atoms with van der Waals surface area (Å²) in [5.74, 6) is 0.778. The summed E-state index contributed by atoms with van der Waals surface area (Å²) in [6, 6.07) is 3.55. The maximum Gasteiger partial charge on any atom is 0.315 e. The van der Waals surface area contributed by atoms with E-state index in [9.17, 15) is 4.79 Å². The van der Waals surface area contributed by atoms with Crippen LogP contribution in [0.15, 0.2) is 42.4 Å². The Labute approximate surface area is 155 Å². The van der Waals surface area contributed by atoms with Crippen LogP contribution >= 0.6 is 11.3 Å². The monoisotopic (exact) mass is 372 g/mol. The van der Waals surface area contributed by atoms with E-state index < -0.39 is 0 Å². The van der Waals surface area contributed by atoms with Crippen LogP contribution in [0, 0.1) is 0 Å². The lowest BCUT2D eigenvalue weighted by atomic mass is 10.3. The van der Waals surface area contributed by atoms with Gasteiger partial charge in [-0.1, -0.05) is 6.07 Å². The summed E-state index contributed by atoms with van der Waals surface area (Å²) in [6.45, 7) is 2.71. The quantitative estimate of drug-likeness (QED) is 0.664. The Kier molecular flexibility index (Phi) is 5.92. The molecule has 2 amide bonds. The molecule has 2 N–H and O–H groups in total. The number of pyridine rings is 1. The number of rotatable bonds is 7. The number of nitrogens with zero attached hydrogens (tertiary/aromatic N) is 4. The Balaban J connectivity index is 1.44. The topological polar surface area (TPSA) is 94.0 Å². The third-order valence-corrected chi connectivity index (χ3v) is 4.79. The Bertz CT molecular complexity index is 831. The van der Waals surface area contributed by atoms with Crippen LogP contribution in [0.5, 0.6) is 0 Å². The summed E-state index contributed by atoms with van der Waals surface area (Å²) in [5, 5.41) is 8.42. The second-order valence-electron chi connectivity index (χ2n) is 5.59. The van der Waals surface area contributed by atoms with Gasteiger partial charge in [-0.05, 0) is 18.6 Å². The van der Waals surface area contributed by atoms with Crippen molar-refractivity contribution in [2.24, 2.45) is 0 Å². The molecule has 136 valence electrons. The minimum absolute atomic E-state index is 0.0413. The molecule has 0 aliphatic carbocycles. The second kappa shape index (κ2) is 8.54. The van der Waals surface area contributed by atoms with E-state index in [-0.39, 0.29) is 12.1 Å². The fourth-order valence-corrected chi connectivity index (χ4v) is 3.03. The standard InChI is InChI=1S/C17H20N6O2S/c1-12(25-2)16-22-14(10-26-16)9-21-17(24)20-8-13-3-4-15(19-7-13)23-6-5-18-11-23/h3-7,10-12H,8-9H2,1-2H3,(H2,20,21,24). The molecule has 3 aromatic rings. The van der Waals surface area contributed by atoms with Crippen molar-refractivity contribution in [2.45, 2.75) is 26.1 Å². The van der Waals surface area contributed by atoms with Crippen molar-refractivity contribution in [3.05, 3.63) is 58.7 Å². The number of ether oxygens (including phenoxy) is 1. The zero-order valence-corrected chi connectivity index (χ0v) is 15.4. The number of thiazole rings is 1. The Morgan fingerprint density at radius 2 is 2.19 bits per heavy atom. The molecule has 0 aromatic carbocycles. The van der Waals surface area contributed by atoms with Gasteiger partial charge in [0.15, 0.2) is 0 Å². The van der Waals surface area contributed by atoms with E-state index in [1.54, 1.807) is 25.8 Å². The predicted molar refractivity (Wildman–Crippen MR) is 98.0 cm³/mol. The van der Waals surface area contributed by atoms with Gasteiger partial charge in [0.2, 0.25) is 0 Å². The maximum absolute atomic E-state index is 11.9. The van der Waals surface area contributed by atoms with E-state index in [2.05, 4.69) is 25.6 Å². The SMILES string of the molecule is COC(C)c1nc(CNC(=O)NCc2ccc(-n3ccnc3)nc2)cs1. The fourth-order valence-electron chi connectivity index (χ4n) is 2.18. The van der Waals surface area contributed by atoms with Crippen molar-refractivity contribution in [1.82, 2.24) is 30.2 Å². The Morgan fingerprint density at radius 3 is 2.88 bits per heavy atom. The Hall–Kier alpha value is -2.78. The van der Waals surface area contributed by atoms with Crippen molar-refractivity contribution in [2.75, 3.05) is 7.11 Å². The number of methoxy groups -OCH3 is 1. The zero-order valence-electron chi connectivity index (χ0n) is 14.5. The van der Waals surface area contributed by atoms with Gasteiger partial charge in [-0.2, -0.15) is 0 Å². The average Bonchev–Trinajstić information content (AvgIpc) is 3.36. The molecule has 26 heavy (non-hydrogen) atoms. The van der Waals surface area contributed by atoms with E-state index in [0.29, 0.717) is 13.1 Å². The first-order chi connectivity index (χ1) is 12.7. The van der Waals surface area contributed by atoms with Gasteiger partial charge >= 0.3 is 6.03 Å². The highest BCUT2D eigenvalue weighted by atomic mass is 32.1. The van der Waals surface area contributed by atoms with E-state index in [1.165, 1.54) is 11.3 Å². The fraction of sp³-hybridized carbons (Fsp3) is 0.294. The van der Waals surface area contributed by atoms with Gasteiger partial charge < -0.3 is 15.4 Å². The first-order valence-corrected chi connectivity index (χ1v) is 8.95. The summed E-state index contributed by atoms with van der Waals surface area (Å²) < 4.78 is 7.05. The van der Waals surface area contributed by atoms with E-state index >= 15 is 0 Å². The summed E-state index contributed by atoms with van der Waals surface area (Å²) in [6.07, 6.45) is 6.90. The molecule has 0 saturated carbocycles. The number of hydrogen-bond acceptors (Lipinski definition) is 6. The number of imidazole rings is 1. The van der Waals surface area contributed by atoms with E-state index in [1.807, 2.05) is 35.2 Å². The molecule has 3 aromatic heterocycles. The first kappa shape index (κ1) is 18.0. The van der Waals surface area contributed by atoms with Gasteiger partial charge in [-0.25, -0.2) is 19.7 Å².